The van der Waals surface area contributed by atoms with Gasteiger partial charge in [0.05, 0.1) is 27.8 Å². The van der Waals surface area contributed by atoms with Crippen molar-refractivity contribution in [3.05, 3.63) is 96.1 Å². The highest BCUT2D eigenvalue weighted by Crippen LogP contribution is 2.33. The maximum absolute atomic E-state index is 13.8. The van der Waals surface area contributed by atoms with Crippen LogP contribution in [0, 0.1) is 0 Å². The predicted molar refractivity (Wildman–Crippen MR) is 135 cm³/mol. The van der Waals surface area contributed by atoms with Crippen LogP contribution < -0.4 is 0 Å². The van der Waals surface area contributed by atoms with E-state index in [-0.39, 0.29) is 9.79 Å². The Balaban J connectivity index is 1.69. The average Bonchev–Trinajstić information content (AvgIpc) is 3.46. The number of nitrogens with zero attached hydrogens (tertiary/aromatic N) is 5. The van der Waals surface area contributed by atoms with Crippen LogP contribution in [0.15, 0.2) is 101 Å². The Morgan fingerprint density at radius 2 is 1.60 bits per heavy atom. The number of benzene rings is 3. The molecule has 3 heterocycles. The number of aryl methyl sites for hydroxylation is 1. The number of hydrogen-bond donors (Lipinski definition) is 0. The van der Waals surface area contributed by atoms with Gasteiger partial charge in [0.1, 0.15) is 10.6 Å². The summed E-state index contributed by atoms with van der Waals surface area (Å²) in [6.45, 7) is 0. The van der Waals surface area contributed by atoms with E-state index in [2.05, 4.69) is 4.98 Å². The average molecular weight is 500 g/mol. The Kier molecular flexibility index (Phi) is 4.94. The number of aromatic nitrogens is 5. The van der Waals surface area contributed by atoms with E-state index in [1.807, 2.05) is 54.1 Å². The van der Waals surface area contributed by atoms with Gasteiger partial charge in [0, 0.05) is 23.7 Å². The summed E-state index contributed by atoms with van der Waals surface area (Å²) in [5, 5.41) is 5.38. The van der Waals surface area contributed by atoms with E-state index in [4.69, 9.17) is 21.7 Å². The van der Waals surface area contributed by atoms with Crippen molar-refractivity contribution >= 4 is 38.1 Å². The molecule has 7 nitrogen and oxygen atoms in total. The molecule has 35 heavy (non-hydrogen) atoms. The highest BCUT2D eigenvalue weighted by molar-refractivity contribution is 7.91. The van der Waals surface area contributed by atoms with Gasteiger partial charge in [-0.1, -0.05) is 54.1 Å². The molecule has 172 valence electrons. The molecule has 0 radical (unpaired) electrons. The minimum Gasteiger partial charge on any atom is -0.326 e. The molecule has 0 aliphatic heterocycles. The third-order valence-electron chi connectivity index (χ3n) is 5.93. The van der Waals surface area contributed by atoms with E-state index >= 15 is 0 Å². The summed E-state index contributed by atoms with van der Waals surface area (Å²) >= 11 is 6.05. The highest BCUT2D eigenvalue weighted by Gasteiger charge is 2.28. The Labute approximate surface area is 206 Å². The van der Waals surface area contributed by atoms with E-state index in [0.717, 1.165) is 16.6 Å². The molecule has 6 aromatic rings. The number of sulfone groups is 1. The van der Waals surface area contributed by atoms with Crippen LogP contribution in [-0.4, -0.2) is 32.6 Å². The smallest absolute Gasteiger partial charge is 0.210 e. The Hall–Kier alpha value is -4.01. The molecular weight excluding hydrogens is 482 g/mol. The molecule has 0 aliphatic carbocycles. The summed E-state index contributed by atoms with van der Waals surface area (Å²) in [7, 11) is -2.06. The zero-order valence-corrected chi connectivity index (χ0v) is 20.1. The van der Waals surface area contributed by atoms with Crippen molar-refractivity contribution in [3.63, 3.8) is 0 Å². The van der Waals surface area contributed by atoms with Crippen LogP contribution >= 0.6 is 11.6 Å². The second kappa shape index (κ2) is 8.04. The minimum atomic E-state index is -3.92. The van der Waals surface area contributed by atoms with Gasteiger partial charge in [-0.2, -0.15) is 5.10 Å². The molecule has 9 heteroatoms. The summed E-state index contributed by atoms with van der Waals surface area (Å²) in [4.78, 5) is 9.45. The maximum atomic E-state index is 13.8. The van der Waals surface area contributed by atoms with Crippen molar-refractivity contribution in [3.8, 4) is 22.8 Å². The third kappa shape index (κ3) is 3.50. The molecule has 0 fully saturated rings. The Bertz CT molecular complexity index is 1830. The molecule has 0 amide bonds. The number of imidazole rings is 1. The third-order valence-corrected chi connectivity index (χ3v) is 7.95. The van der Waals surface area contributed by atoms with Crippen LogP contribution in [0.5, 0.6) is 0 Å². The summed E-state index contributed by atoms with van der Waals surface area (Å²) in [5.41, 5.74) is 3.96. The molecule has 0 bridgehead atoms. The van der Waals surface area contributed by atoms with Gasteiger partial charge < -0.3 is 4.57 Å². The van der Waals surface area contributed by atoms with Crippen molar-refractivity contribution in [2.75, 3.05) is 0 Å². The fourth-order valence-electron chi connectivity index (χ4n) is 4.17. The van der Waals surface area contributed by atoms with Crippen LogP contribution in [0.3, 0.4) is 0 Å². The van der Waals surface area contributed by atoms with Gasteiger partial charge in [-0.05, 0) is 36.4 Å². The highest BCUT2D eigenvalue weighted by atomic mass is 35.5. The lowest BCUT2D eigenvalue weighted by Crippen LogP contribution is -2.11. The molecule has 3 aromatic heterocycles. The van der Waals surface area contributed by atoms with Crippen LogP contribution in [0.1, 0.15) is 0 Å². The molecule has 0 unspecified atom stereocenters. The lowest BCUT2D eigenvalue weighted by molar-refractivity contribution is 0.595. The number of rotatable bonds is 4. The standard InChI is InChI=1S/C26H18ClN5O2S/c1-31-22-10-6-5-9-20(22)29-26(31)25-23(35(33,34)19-7-3-2-4-8-19)16-28-24-15-21(30-32(24)25)17-11-13-18(27)14-12-17/h2-16H,1H3. The fraction of sp³-hybridized carbons (Fsp3) is 0.0385. The SMILES string of the molecule is Cn1c(-c2c(S(=O)(=O)c3ccccc3)cnc3cc(-c4ccc(Cl)cc4)nn23)nc2ccccc21. The molecule has 0 saturated carbocycles. The van der Waals surface area contributed by atoms with Crippen molar-refractivity contribution in [2.45, 2.75) is 9.79 Å². The summed E-state index contributed by atoms with van der Waals surface area (Å²) in [6, 6.07) is 25.1. The molecule has 0 saturated heterocycles. The van der Waals surface area contributed by atoms with Crippen LogP contribution in [-0.2, 0) is 16.9 Å². The number of fused-ring (bicyclic) bond motifs is 2. The van der Waals surface area contributed by atoms with Crippen molar-refractivity contribution < 1.29 is 8.42 Å². The fourth-order valence-corrected chi connectivity index (χ4v) is 5.68. The van der Waals surface area contributed by atoms with Gasteiger partial charge in [0.25, 0.3) is 0 Å². The van der Waals surface area contributed by atoms with Gasteiger partial charge in [-0.15, -0.1) is 0 Å². The summed E-state index contributed by atoms with van der Waals surface area (Å²) in [5.74, 6) is 0.471. The first-order chi connectivity index (χ1) is 16.9. The van der Waals surface area contributed by atoms with Crippen LogP contribution in [0.4, 0.5) is 0 Å². The van der Waals surface area contributed by atoms with Gasteiger partial charge in [-0.25, -0.2) is 22.9 Å². The second-order valence-corrected chi connectivity index (χ2v) is 10.4. The van der Waals surface area contributed by atoms with E-state index < -0.39 is 9.84 Å². The first kappa shape index (κ1) is 21.5. The number of hydrogen-bond acceptors (Lipinski definition) is 5. The minimum absolute atomic E-state index is 0.0281. The van der Waals surface area contributed by atoms with Crippen LogP contribution in [0.25, 0.3) is 39.5 Å². The molecule has 0 aliphatic rings. The lowest BCUT2D eigenvalue weighted by Gasteiger charge is -2.12. The van der Waals surface area contributed by atoms with E-state index in [1.54, 1.807) is 47.0 Å². The predicted octanol–water partition coefficient (Wildman–Crippen LogP) is 5.44. The zero-order chi connectivity index (χ0) is 24.2. The van der Waals surface area contributed by atoms with E-state index in [1.165, 1.54) is 6.20 Å². The monoisotopic (exact) mass is 499 g/mol. The first-order valence-corrected chi connectivity index (χ1v) is 12.7. The van der Waals surface area contributed by atoms with Gasteiger partial charge >= 0.3 is 0 Å². The van der Waals surface area contributed by atoms with Gasteiger partial charge in [-0.3, -0.25) is 0 Å². The Morgan fingerprint density at radius 3 is 2.34 bits per heavy atom. The number of para-hydroxylation sites is 2. The van der Waals surface area contributed by atoms with Crippen molar-refractivity contribution in [1.82, 2.24) is 24.1 Å². The van der Waals surface area contributed by atoms with E-state index in [9.17, 15) is 8.42 Å². The second-order valence-electron chi connectivity index (χ2n) is 8.08. The van der Waals surface area contributed by atoms with Crippen LogP contribution in [0.2, 0.25) is 5.02 Å². The lowest BCUT2D eigenvalue weighted by atomic mass is 10.2. The quantitative estimate of drug-likeness (QED) is 0.323. The van der Waals surface area contributed by atoms with Gasteiger partial charge in [0.15, 0.2) is 11.5 Å². The molecule has 0 atom stereocenters. The molecule has 3 aromatic carbocycles. The number of halogens is 1. The van der Waals surface area contributed by atoms with Crippen molar-refractivity contribution in [1.29, 1.82) is 0 Å². The topological polar surface area (TPSA) is 82.1 Å². The first-order valence-electron chi connectivity index (χ1n) is 10.8. The molecular formula is C26H18ClN5O2S. The Morgan fingerprint density at radius 1 is 0.886 bits per heavy atom. The largest absolute Gasteiger partial charge is 0.326 e. The normalized spacial score (nSPS) is 11.9. The molecule has 0 N–H and O–H groups in total. The molecule has 6 rings (SSSR count). The van der Waals surface area contributed by atoms with Gasteiger partial charge in [0.2, 0.25) is 9.84 Å². The summed E-state index contributed by atoms with van der Waals surface area (Å²) < 4.78 is 31.0. The zero-order valence-electron chi connectivity index (χ0n) is 18.5. The molecule has 0 spiro atoms. The summed E-state index contributed by atoms with van der Waals surface area (Å²) in [6.07, 6.45) is 1.39. The van der Waals surface area contributed by atoms with Crippen molar-refractivity contribution in [2.24, 2.45) is 7.05 Å². The maximum Gasteiger partial charge on any atom is 0.210 e. The van der Waals surface area contributed by atoms with E-state index in [0.29, 0.717) is 27.9 Å².